The zero-order chi connectivity index (χ0) is 16.4. The van der Waals surface area contributed by atoms with Gasteiger partial charge in [-0.1, -0.05) is 12.1 Å². The van der Waals surface area contributed by atoms with Crippen LogP contribution in [-0.4, -0.2) is 47.2 Å². The summed E-state index contributed by atoms with van der Waals surface area (Å²) < 4.78 is 0. The van der Waals surface area contributed by atoms with Crippen molar-refractivity contribution in [3.8, 4) is 0 Å². The maximum atomic E-state index is 12.4. The van der Waals surface area contributed by atoms with Crippen LogP contribution in [0.4, 0.5) is 5.82 Å². The van der Waals surface area contributed by atoms with Crippen molar-refractivity contribution in [3.63, 3.8) is 0 Å². The van der Waals surface area contributed by atoms with Gasteiger partial charge >= 0.3 is 0 Å². The summed E-state index contributed by atoms with van der Waals surface area (Å²) >= 11 is 1.55. The summed E-state index contributed by atoms with van der Waals surface area (Å²) in [7, 11) is 0. The summed E-state index contributed by atoms with van der Waals surface area (Å²) in [6, 6.07) is 9.78. The van der Waals surface area contributed by atoms with Crippen LogP contribution in [0.5, 0.6) is 0 Å². The van der Waals surface area contributed by atoms with Gasteiger partial charge in [0.2, 0.25) is 0 Å². The lowest BCUT2D eigenvalue weighted by Gasteiger charge is -2.27. The van der Waals surface area contributed by atoms with Crippen LogP contribution in [0.2, 0.25) is 0 Å². The van der Waals surface area contributed by atoms with Crippen molar-refractivity contribution in [2.24, 2.45) is 0 Å². The number of amides is 1. The number of anilines is 1. The lowest BCUT2D eigenvalue weighted by molar-refractivity contribution is 0.102. The van der Waals surface area contributed by atoms with E-state index >= 15 is 0 Å². The number of H-pyrrole nitrogens is 1. The van der Waals surface area contributed by atoms with Crippen LogP contribution in [0.1, 0.15) is 15.9 Å². The molecule has 2 aromatic heterocycles. The molecule has 1 saturated heterocycles. The standard InChI is InChI=1S/C17H19N5OS/c23-16(19-15-14-5-10-24-17(14)21-20-15)13-3-1-12(2-4-13)11-22-8-6-18-7-9-22/h1-5,10,18H,6-9,11H2,(H2,19,20,21,23). The van der Waals surface area contributed by atoms with E-state index in [0.29, 0.717) is 11.4 Å². The predicted octanol–water partition coefficient (Wildman–Crippen LogP) is 2.28. The van der Waals surface area contributed by atoms with Gasteiger partial charge in [0.1, 0.15) is 10.6 Å². The predicted molar refractivity (Wildman–Crippen MR) is 96.5 cm³/mol. The van der Waals surface area contributed by atoms with Crippen LogP contribution < -0.4 is 10.6 Å². The number of benzene rings is 1. The molecule has 3 heterocycles. The molecule has 4 rings (SSSR count). The third-order valence-corrected chi connectivity index (χ3v) is 5.06. The van der Waals surface area contributed by atoms with Crippen LogP contribution in [0.3, 0.4) is 0 Å². The molecule has 0 atom stereocenters. The lowest BCUT2D eigenvalue weighted by atomic mass is 10.1. The third-order valence-electron chi connectivity index (χ3n) is 4.25. The Labute approximate surface area is 143 Å². The molecule has 1 amide bonds. The Kier molecular flexibility index (Phi) is 4.29. The van der Waals surface area contributed by atoms with E-state index in [1.54, 1.807) is 11.3 Å². The highest BCUT2D eigenvalue weighted by Crippen LogP contribution is 2.25. The van der Waals surface area contributed by atoms with E-state index in [1.807, 2.05) is 35.7 Å². The largest absolute Gasteiger partial charge is 0.314 e. The van der Waals surface area contributed by atoms with Crippen molar-refractivity contribution in [1.82, 2.24) is 20.4 Å². The van der Waals surface area contributed by atoms with Crippen molar-refractivity contribution in [2.75, 3.05) is 31.5 Å². The second kappa shape index (κ2) is 6.72. The zero-order valence-electron chi connectivity index (χ0n) is 13.2. The molecule has 0 spiro atoms. The Morgan fingerprint density at radius 1 is 1.21 bits per heavy atom. The first-order valence-corrected chi connectivity index (χ1v) is 8.92. The van der Waals surface area contributed by atoms with E-state index in [0.717, 1.165) is 42.9 Å². The number of thiophene rings is 1. The van der Waals surface area contributed by atoms with Crippen molar-refractivity contribution in [3.05, 3.63) is 46.8 Å². The number of fused-ring (bicyclic) bond motifs is 1. The highest BCUT2D eigenvalue weighted by Gasteiger charge is 2.13. The van der Waals surface area contributed by atoms with Gasteiger partial charge in [-0.3, -0.25) is 14.8 Å². The first kappa shape index (κ1) is 15.3. The highest BCUT2D eigenvalue weighted by atomic mass is 32.1. The average Bonchev–Trinajstić information content (AvgIpc) is 3.22. The number of rotatable bonds is 4. The van der Waals surface area contributed by atoms with Gasteiger partial charge in [-0.2, -0.15) is 5.10 Å². The van der Waals surface area contributed by atoms with Gasteiger partial charge < -0.3 is 10.6 Å². The van der Waals surface area contributed by atoms with E-state index in [-0.39, 0.29) is 5.91 Å². The Morgan fingerprint density at radius 3 is 2.79 bits per heavy atom. The molecule has 1 aromatic carbocycles. The normalized spacial score (nSPS) is 15.7. The zero-order valence-corrected chi connectivity index (χ0v) is 14.0. The van der Waals surface area contributed by atoms with Crippen LogP contribution >= 0.6 is 11.3 Å². The molecule has 0 radical (unpaired) electrons. The average molecular weight is 341 g/mol. The fourth-order valence-corrected chi connectivity index (χ4v) is 3.64. The van der Waals surface area contributed by atoms with Crippen molar-refractivity contribution >= 4 is 33.3 Å². The molecule has 6 nitrogen and oxygen atoms in total. The maximum absolute atomic E-state index is 12.4. The number of nitrogens with one attached hydrogen (secondary N) is 3. The van der Waals surface area contributed by atoms with Gasteiger partial charge in [-0.05, 0) is 29.1 Å². The van der Waals surface area contributed by atoms with Crippen molar-refractivity contribution in [1.29, 1.82) is 0 Å². The number of nitrogens with zero attached hydrogens (tertiary/aromatic N) is 2. The van der Waals surface area contributed by atoms with E-state index in [2.05, 4.69) is 25.7 Å². The maximum Gasteiger partial charge on any atom is 0.256 e. The second-order valence-electron chi connectivity index (χ2n) is 5.92. The van der Waals surface area contributed by atoms with Gasteiger partial charge in [-0.25, -0.2) is 0 Å². The summed E-state index contributed by atoms with van der Waals surface area (Å²) in [5.74, 6) is 0.529. The summed E-state index contributed by atoms with van der Waals surface area (Å²) in [6.07, 6.45) is 0. The summed E-state index contributed by atoms with van der Waals surface area (Å²) in [5.41, 5.74) is 1.88. The molecular weight excluding hydrogens is 322 g/mol. The van der Waals surface area contributed by atoms with E-state index < -0.39 is 0 Å². The molecule has 24 heavy (non-hydrogen) atoms. The van der Waals surface area contributed by atoms with Gasteiger partial charge in [-0.15, -0.1) is 11.3 Å². The van der Waals surface area contributed by atoms with Crippen molar-refractivity contribution in [2.45, 2.75) is 6.54 Å². The monoisotopic (exact) mass is 341 g/mol. The Bertz CT molecular complexity index is 832. The quantitative estimate of drug-likeness (QED) is 0.681. The molecular formula is C17H19N5OS. The topological polar surface area (TPSA) is 73.0 Å². The first-order chi connectivity index (χ1) is 11.8. The minimum atomic E-state index is -0.125. The fraction of sp³-hybridized carbons (Fsp3) is 0.294. The summed E-state index contributed by atoms with van der Waals surface area (Å²) in [6.45, 7) is 5.15. The minimum absolute atomic E-state index is 0.125. The molecule has 1 aliphatic rings. The smallest absolute Gasteiger partial charge is 0.256 e. The molecule has 7 heteroatoms. The molecule has 1 fully saturated rings. The highest BCUT2D eigenvalue weighted by molar-refractivity contribution is 7.16. The van der Waals surface area contributed by atoms with Crippen molar-refractivity contribution < 1.29 is 4.79 Å². The molecule has 3 N–H and O–H groups in total. The summed E-state index contributed by atoms with van der Waals surface area (Å²) in [4.78, 5) is 15.7. The first-order valence-electron chi connectivity index (χ1n) is 8.04. The van der Waals surface area contributed by atoms with Gasteiger partial charge in [0.05, 0.1) is 5.39 Å². The number of piperazine rings is 1. The number of hydrogen-bond donors (Lipinski definition) is 3. The minimum Gasteiger partial charge on any atom is -0.314 e. The number of aromatic amines is 1. The summed E-state index contributed by atoms with van der Waals surface area (Å²) in [5, 5.41) is 16.2. The van der Waals surface area contributed by atoms with Crippen LogP contribution in [0, 0.1) is 0 Å². The number of aromatic nitrogens is 2. The van der Waals surface area contributed by atoms with E-state index in [1.165, 1.54) is 5.56 Å². The van der Waals surface area contributed by atoms with E-state index in [9.17, 15) is 4.79 Å². The number of hydrogen-bond acceptors (Lipinski definition) is 5. The van der Waals surface area contributed by atoms with Crippen LogP contribution in [0.15, 0.2) is 35.7 Å². The number of carbonyl (C=O) groups excluding carboxylic acids is 1. The van der Waals surface area contributed by atoms with Gasteiger partial charge in [0, 0.05) is 38.3 Å². The Balaban J connectivity index is 1.42. The molecule has 0 aliphatic carbocycles. The number of carbonyl (C=O) groups is 1. The van der Waals surface area contributed by atoms with Crippen LogP contribution in [0.25, 0.3) is 10.2 Å². The molecule has 0 saturated carbocycles. The second-order valence-corrected chi connectivity index (χ2v) is 6.81. The molecule has 0 unspecified atom stereocenters. The molecule has 124 valence electrons. The van der Waals surface area contributed by atoms with Gasteiger partial charge in [0.15, 0.2) is 0 Å². The molecule has 0 bridgehead atoms. The lowest BCUT2D eigenvalue weighted by Crippen LogP contribution is -2.42. The Hall–Kier alpha value is -2.22. The third kappa shape index (κ3) is 3.19. The van der Waals surface area contributed by atoms with Gasteiger partial charge in [0.25, 0.3) is 5.91 Å². The fourth-order valence-electron chi connectivity index (χ4n) is 2.92. The SMILES string of the molecule is O=C(Nc1[nH]nc2sccc12)c1ccc(CN2CCNCC2)cc1. The Morgan fingerprint density at radius 2 is 2.00 bits per heavy atom. The molecule has 3 aromatic rings. The van der Waals surface area contributed by atoms with E-state index in [4.69, 9.17) is 0 Å². The van der Waals surface area contributed by atoms with Crippen LogP contribution in [-0.2, 0) is 6.54 Å². The molecule has 1 aliphatic heterocycles.